The molecule has 0 saturated carbocycles. The van der Waals surface area contributed by atoms with Gasteiger partial charge in [-0.25, -0.2) is 0 Å². The molecule has 0 aromatic heterocycles. The molecule has 12 heteroatoms. The Morgan fingerprint density at radius 1 is 0.525 bits per heavy atom. The second kappa shape index (κ2) is 13.4. The lowest BCUT2D eigenvalue weighted by Gasteiger charge is -2.43. The predicted octanol–water partition coefficient (Wildman–Crippen LogP) is 6.56. The lowest BCUT2D eigenvalue weighted by Crippen LogP contribution is -2.50. The Balaban J connectivity index is 0.000000187. The van der Waals surface area contributed by atoms with Crippen LogP contribution in [0.15, 0.2) is 24.3 Å². The first-order chi connectivity index (χ1) is 18.1. The number of benzene rings is 1. The fraction of sp³-hybridized carbons (Fsp3) is 0.786. The molecule has 0 bridgehead atoms. The van der Waals surface area contributed by atoms with E-state index in [-0.39, 0.29) is 56.3 Å². The summed E-state index contributed by atoms with van der Waals surface area (Å²) in [7, 11) is -0.269. The number of rotatable bonds is 0. The van der Waals surface area contributed by atoms with Crippen molar-refractivity contribution in [3.63, 3.8) is 0 Å². The van der Waals surface area contributed by atoms with E-state index in [9.17, 15) is 0 Å². The summed E-state index contributed by atoms with van der Waals surface area (Å²) < 4.78 is 43.4. The molecule has 4 aliphatic heterocycles. The summed E-state index contributed by atoms with van der Waals surface area (Å²) in [6.07, 6.45) is 0.949. The van der Waals surface area contributed by atoms with Crippen molar-refractivity contribution in [3.05, 3.63) is 24.3 Å². The highest BCUT2D eigenvalue weighted by atomic mass is 16.7. The van der Waals surface area contributed by atoms with Gasteiger partial charge >= 0.3 is 28.5 Å². The van der Waals surface area contributed by atoms with E-state index in [1.54, 1.807) is 0 Å². The molecule has 0 N–H and O–H groups in total. The van der Waals surface area contributed by atoms with Gasteiger partial charge < -0.3 is 37.2 Å². The number of para-hydroxylation sites is 2. The summed E-state index contributed by atoms with van der Waals surface area (Å²) >= 11 is 0. The van der Waals surface area contributed by atoms with Crippen LogP contribution in [0.25, 0.3) is 0 Å². The molecule has 4 aliphatic rings. The van der Waals surface area contributed by atoms with Gasteiger partial charge in [0.2, 0.25) is 0 Å². The van der Waals surface area contributed by atoms with Crippen LogP contribution >= 0.6 is 0 Å². The molecule has 1 aromatic rings. The topological polar surface area (TPSA) is 73.8 Å². The minimum absolute atomic E-state index is 0.00183. The van der Waals surface area contributed by atoms with Gasteiger partial charge in [0, 0.05) is 25.0 Å². The van der Waals surface area contributed by atoms with Gasteiger partial charge in [-0.2, -0.15) is 0 Å². The molecule has 0 radical (unpaired) electrons. The van der Waals surface area contributed by atoms with Crippen LogP contribution in [-0.4, -0.2) is 64.1 Å². The van der Waals surface area contributed by atoms with Crippen molar-refractivity contribution in [3.8, 4) is 11.5 Å². The van der Waals surface area contributed by atoms with Crippen molar-refractivity contribution in [1.29, 1.82) is 0 Å². The molecule has 4 heterocycles. The Kier molecular flexibility index (Phi) is 11.8. The molecule has 0 aliphatic carbocycles. The number of hydrogen-bond acceptors (Lipinski definition) is 8. The first-order valence-electron chi connectivity index (χ1n) is 14.5. The minimum Gasteiger partial charge on any atom is -0.523 e. The standard InChI is InChI=1S/C8H17BO2.C7H7BO2.C7H15BO2.C6H13BO2/c1-7(2)6-8(3,4)11-9(5)10-7;1-8-9-6-4-2-3-5-7(6)10-8;1-6(2)7(3,4)10-8(5)9-6;1-6(2)4-8-7(3)9-5-6/h6H2,1-5H3;2-5H,1H3;1-5H3;4-5H2,1-3H3. The average Bonchev–Trinajstić information content (AvgIpc) is 3.22. The van der Waals surface area contributed by atoms with E-state index in [0.29, 0.717) is 0 Å². The SMILES string of the molecule is CB1OC(C)(C)C(C)(C)O1.CB1OC(C)(C)CC(C)(C)O1.CB1OCC(C)(C)CO1.CB1Oc2ccccc2O1. The Morgan fingerprint density at radius 3 is 1.20 bits per heavy atom. The lowest BCUT2D eigenvalue weighted by molar-refractivity contribution is -0.0744. The molecular weight excluding hydrogens is 508 g/mol. The van der Waals surface area contributed by atoms with Gasteiger partial charge in [-0.05, 0) is 94.8 Å². The predicted molar refractivity (Wildman–Crippen MR) is 165 cm³/mol. The summed E-state index contributed by atoms with van der Waals surface area (Å²) in [4.78, 5) is 0. The molecule has 1 aromatic carbocycles. The maximum absolute atomic E-state index is 5.59. The maximum Gasteiger partial charge on any atom is 0.591 e. The first-order valence-corrected chi connectivity index (χ1v) is 14.5. The zero-order valence-corrected chi connectivity index (χ0v) is 27.5. The van der Waals surface area contributed by atoms with Gasteiger partial charge in [0.1, 0.15) is 11.5 Å². The Bertz CT molecular complexity index is 874. The Morgan fingerprint density at radius 2 is 0.900 bits per heavy atom. The van der Waals surface area contributed by atoms with Crippen LogP contribution in [0, 0.1) is 5.41 Å². The monoisotopic (exact) mass is 560 g/mol. The van der Waals surface area contributed by atoms with E-state index in [1.165, 1.54) is 0 Å². The van der Waals surface area contributed by atoms with Crippen molar-refractivity contribution in [2.45, 2.75) is 125 Å². The zero-order valence-electron chi connectivity index (χ0n) is 27.5. The third kappa shape index (κ3) is 11.3. The minimum atomic E-state index is -0.160. The third-order valence-corrected chi connectivity index (χ3v) is 7.05. The highest BCUT2D eigenvalue weighted by Gasteiger charge is 2.48. The number of fused-ring (bicyclic) bond motifs is 1. The quantitative estimate of drug-likeness (QED) is 0.331. The second-order valence-corrected chi connectivity index (χ2v) is 13.9. The fourth-order valence-corrected chi connectivity index (χ4v) is 4.97. The summed E-state index contributed by atoms with van der Waals surface area (Å²) in [6.45, 7) is 30.2. The van der Waals surface area contributed by atoms with E-state index in [2.05, 4.69) is 69.2 Å². The van der Waals surface area contributed by atoms with Crippen molar-refractivity contribution in [1.82, 2.24) is 0 Å². The van der Waals surface area contributed by atoms with Gasteiger partial charge in [-0.1, -0.05) is 26.0 Å². The maximum atomic E-state index is 5.59. The third-order valence-electron chi connectivity index (χ3n) is 7.05. The molecule has 0 amide bonds. The van der Waals surface area contributed by atoms with Crippen LogP contribution < -0.4 is 9.31 Å². The molecule has 8 nitrogen and oxygen atoms in total. The highest BCUT2D eigenvalue weighted by Crippen LogP contribution is 2.36. The zero-order chi connectivity index (χ0) is 30.6. The van der Waals surface area contributed by atoms with Gasteiger partial charge in [-0.15, -0.1) is 0 Å². The normalized spacial score (nSPS) is 24.6. The van der Waals surface area contributed by atoms with Crippen LogP contribution in [0.2, 0.25) is 27.3 Å². The van der Waals surface area contributed by atoms with E-state index < -0.39 is 0 Å². The van der Waals surface area contributed by atoms with Crippen LogP contribution in [0.4, 0.5) is 0 Å². The largest absolute Gasteiger partial charge is 0.591 e. The van der Waals surface area contributed by atoms with Crippen LogP contribution in [-0.2, 0) is 27.9 Å². The van der Waals surface area contributed by atoms with Crippen LogP contribution in [0.5, 0.6) is 11.5 Å². The first kappa shape index (κ1) is 35.0. The summed E-state index contributed by atoms with van der Waals surface area (Å²) in [5, 5.41) is 0. The molecule has 0 atom stereocenters. The Labute approximate surface area is 245 Å². The van der Waals surface area contributed by atoms with Crippen molar-refractivity contribution in [2.24, 2.45) is 5.41 Å². The molecule has 40 heavy (non-hydrogen) atoms. The molecule has 5 rings (SSSR count). The molecule has 224 valence electrons. The van der Waals surface area contributed by atoms with Gasteiger partial charge in [0.15, 0.2) is 0 Å². The second-order valence-electron chi connectivity index (χ2n) is 13.9. The smallest absolute Gasteiger partial charge is 0.523 e. The lowest BCUT2D eigenvalue weighted by atomic mass is 9.81. The van der Waals surface area contributed by atoms with Crippen LogP contribution in [0.1, 0.15) is 75.7 Å². The summed E-state index contributed by atoms with van der Waals surface area (Å²) in [6, 6.07) is 7.66. The van der Waals surface area contributed by atoms with Crippen molar-refractivity contribution < 1.29 is 37.2 Å². The highest BCUT2D eigenvalue weighted by molar-refractivity contribution is 6.46. The van der Waals surface area contributed by atoms with Gasteiger partial charge in [0.25, 0.3) is 0 Å². The molecule has 3 saturated heterocycles. The summed E-state index contributed by atoms with van der Waals surface area (Å²) in [5.74, 6) is 1.69. The Hall–Kier alpha value is -1.16. The van der Waals surface area contributed by atoms with Gasteiger partial charge in [0.05, 0.1) is 22.4 Å². The summed E-state index contributed by atoms with van der Waals surface area (Å²) in [5.41, 5.74) is -0.187. The van der Waals surface area contributed by atoms with E-state index in [0.717, 1.165) is 31.1 Å². The van der Waals surface area contributed by atoms with Crippen molar-refractivity contribution in [2.75, 3.05) is 13.2 Å². The van der Waals surface area contributed by atoms with E-state index >= 15 is 0 Å². The van der Waals surface area contributed by atoms with Gasteiger partial charge in [-0.3, -0.25) is 0 Å². The molecule has 0 unspecified atom stereocenters. The number of hydrogen-bond donors (Lipinski definition) is 0. The average molecular weight is 560 g/mol. The molecular formula is C28H52B4O8. The molecule has 3 fully saturated rings. The molecule has 0 spiro atoms. The fourth-order valence-electron chi connectivity index (χ4n) is 4.97. The van der Waals surface area contributed by atoms with Crippen LogP contribution in [0.3, 0.4) is 0 Å². The van der Waals surface area contributed by atoms with E-state index in [4.69, 9.17) is 37.2 Å². The van der Waals surface area contributed by atoms with E-state index in [1.807, 2.05) is 51.6 Å². The van der Waals surface area contributed by atoms with Crippen molar-refractivity contribution >= 4 is 28.5 Å².